The first kappa shape index (κ1) is 15.2. The van der Waals surface area contributed by atoms with E-state index in [0.29, 0.717) is 6.54 Å². The molecule has 0 amide bonds. The number of hydrogen-bond acceptors (Lipinski definition) is 4. The van der Waals surface area contributed by atoms with Gasteiger partial charge in [0.15, 0.2) is 0 Å². The first-order valence-electron chi connectivity index (χ1n) is 6.11. The predicted molar refractivity (Wildman–Crippen MR) is 75.4 cm³/mol. The van der Waals surface area contributed by atoms with Crippen LogP contribution >= 0.6 is 12.4 Å². The van der Waals surface area contributed by atoms with Crippen molar-refractivity contribution in [1.29, 1.82) is 0 Å². The minimum Gasteiger partial charge on any atom is -0.394 e. The van der Waals surface area contributed by atoms with E-state index in [1.165, 1.54) is 5.69 Å². The van der Waals surface area contributed by atoms with Crippen molar-refractivity contribution in [3.63, 3.8) is 0 Å². The summed E-state index contributed by atoms with van der Waals surface area (Å²) in [6.07, 6.45) is -0.613. The van der Waals surface area contributed by atoms with E-state index in [-0.39, 0.29) is 19.0 Å². The number of nitrogens with zero attached hydrogens (tertiary/aromatic N) is 2. The summed E-state index contributed by atoms with van der Waals surface area (Å²) in [6, 6.07) is 10.4. The molecule has 0 bridgehead atoms. The summed E-state index contributed by atoms with van der Waals surface area (Å²) in [5.41, 5.74) is 1.26. The maximum atomic E-state index is 9.39. The second kappa shape index (κ2) is 7.59. The van der Waals surface area contributed by atoms with Crippen molar-refractivity contribution in [2.45, 2.75) is 6.10 Å². The molecular formula is C13H21ClN2O2. The third-order valence-corrected chi connectivity index (χ3v) is 3.17. The van der Waals surface area contributed by atoms with Gasteiger partial charge >= 0.3 is 0 Å². The summed E-state index contributed by atoms with van der Waals surface area (Å²) in [6.45, 7) is 4.24. The molecular weight excluding hydrogens is 252 g/mol. The summed E-state index contributed by atoms with van der Waals surface area (Å²) in [5.74, 6) is 0. The minimum atomic E-state index is -0.613. The van der Waals surface area contributed by atoms with Gasteiger partial charge in [0, 0.05) is 38.4 Å². The van der Waals surface area contributed by atoms with Crippen LogP contribution in [-0.4, -0.2) is 60.5 Å². The average molecular weight is 273 g/mol. The fourth-order valence-electron chi connectivity index (χ4n) is 2.18. The van der Waals surface area contributed by atoms with Crippen LogP contribution in [0, 0.1) is 0 Å². The van der Waals surface area contributed by atoms with Gasteiger partial charge in [-0.15, -0.1) is 12.4 Å². The van der Waals surface area contributed by atoms with E-state index >= 15 is 0 Å². The molecule has 0 spiro atoms. The molecule has 0 aromatic heterocycles. The molecule has 102 valence electrons. The monoisotopic (exact) mass is 272 g/mol. The number of benzene rings is 1. The Kier molecular flexibility index (Phi) is 6.43. The van der Waals surface area contributed by atoms with Gasteiger partial charge in [0.1, 0.15) is 0 Å². The Morgan fingerprint density at radius 1 is 1.06 bits per heavy atom. The van der Waals surface area contributed by atoms with Gasteiger partial charge in [-0.25, -0.2) is 0 Å². The van der Waals surface area contributed by atoms with Crippen LogP contribution in [0.3, 0.4) is 0 Å². The van der Waals surface area contributed by atoms with Crippen LogP contribution in [0.25, 0.3) is 0 Å². The Morgan fingerprint density at radius 3 is 2.22 bits per heavy atom. The number of rotatable bonds is 4. The number of β-amino-alcohol motifs (C(OH)–C–C–N with tert-alkyl or cyclic N) is 1. The molecule has 0 saturated carbocycles. The van der Waals surface area contributed by atoms with Gasteiger partial charge in [-0.05, 0) is 12.1 Å². The fourth-order valence-corrected chi connectivity index (χ4v) is 2.18. The van der Waals surface area contributed by atoms with Crippen molar-refractivity contribution in [1.82, 2.24) is 4.90 Å². The molecule has 1 saturated heterocycles. The van der Waals surface area contributed by atoms with Crippen LogP contribution in [0.15, 0.2) is 30.3 Å². The zero-order valence-electron chi connectivity index (χ0n) is 10.4. The van der Waals surface area contributed by atoms with Crippen LogP contribution in [0.5, 0.6) is 0 Å². The molecule has 1 aliphatic rings. The maximum absolute atomic E-state index is 9.39. The Bertz CT molecular complexity index is 329. The van der Waals surface area contributed by atoms with E-state index < -0.39 is 6.10 Å². The quantitative estimate of drug-likeness (QED) is 0.842. The smallest absolute Gasteiger partial charge is 0.0897 e. The lowest BCUT2D eigenvalue weighted by Crippen LogP contribution is -2.49. The number of anilines is 1. The number of aliphatic hydroxyl groups excluding tert-OH is 2. The Balaban J connectivity index is 0.00000162. The van der Waals surface area contributed by atoms with Crippen molar-refractivity contribution < 1.29 is 10.2 Å². The van der Waals surface area contributed by atoms with Crippen molar-refractivity contribution in [2.75, 3.05) is 44.2 Å². The van der Waals surface area contributed by atoms with Gasteiger partial charge in [0.05, 0.1) is 12.7 Å². The minimum absolute atomic E-state index is 0. The Hall–Kier alpha value is -0.810. The van der Waals surface area contributed by atoms with E-state index in [1.807, 2.05) is 6.07 Å². The molecule has 1 aliphatic heterocycles. The first-order chi connectivity index (χ1) is 8.29. The van der Waals surface area contributed by atoms with Gasteiger partial charge in [0.2, 0.25) is 0 Å². The summed E-state index contributed by atoms with van der Waals surface area (Å²) in [5, 5.41) is 18.2. The highest BCUT2D eigenvalue weighted by Gasteiger charge is 2.18. The van der Waals surface area contributed by atoms with Gasteiger partial charge in [-0.1, -0.05) is 18.2 Å². The van der Waals surface area contributed by atoms with Crippen LogP contribution < -0.4 is 4.90 Å². The lowest BCUT2D eigenvalue weighted by Gasteiger charge is -2.36. The van der Waals surface area contributed by atoms with E-state index in [9.17, 15) is 5.11 Å². The molecule has 0 radical (unpaired) electrons. The SMILES string of the molecule is Cl.OC[C@@H](O)CN1CCN(c2ccccc2)CC1. The van der Waals surface area contributed by atoms with Crippen LogP contribution in [-0.2, 0) is 0 Å². The van der Waals surface area contributed by atoms with Crippen molar-refractivity contribution in [3.8, 4) is 0 Å². The number of hydrogen-bond donors (Lipinski definition) is 2. The Morgan fingerprint density at radius 2 is 1.67 bits per heavy atom. The average Bonchev–Trinajstić information content (AvgIpc) is 2.40. The standard InChI is InChI=1S/C13H20N2O2.ClH/c16-11-13(17)10-14-6-8-15(9-7-14)12-4-2-1-3-5-12;/h1-5,13,16-17H,6-11H2;1H/t13-;/m0./s1. The predicted octanol–water partition coefficient (Wildman–Crippen LogP) is 0.584. The van der Waals surface area contributed by atoms with E-state index in [2.05, 4.69) is 34.1 Å². The lowest BCUT2D eigenvalue weighted by molar-refractivity contribution is 0.0575. The fraction of sp³-hybridized carbons (Fsp3) is 0.538. The first-order valence-corrected chi connectivity index (χ1v) is 6.11. The van der Waals surface area contributed by atoms with Gasteiger partial charge in [0.25, 0.3) is 0 Å². The number of para-hydroxylation sites is 1. The topological polar surface area (TPSA) is 46.9 Å². The highest BCUT2D eigenvalue weighted by atomic mass is 35.5. The third-order valence-electron chi connectivity index (χ3n) is 3.17. The molecule has 1 aromatic carbocycles. The van der Waals surface area contributed by atoms with Gasteiger partial charge < -0.3 is 15.1 Å². The molecule has 2 rings (SSSR count). The maximum Gasteiger partial charge on any atom is 0.0897 e. The summed E-state index contributed by atoms with van der Waals surface area (Å²) in [7, 11) is 0. The molecule has 5 heteroatoms. The largest absolute Gasteiger partial charge is 0.394 e. The molecule has 1 atom stereocenters. The molecule has 0 aliphatic carbocycles. The van der Waals surface area contributed by atoms with Crippen molar-refractivity contribution in [3.05, 3.63) is 30.3 Å². The van der Waals surface area contributed by atoms with Crippen LogP contribution in [0.1, 0.15) is 0 Å². The van der Waals surface area contributed by atoms with Crippen molar-refractivity contribution in [2.24, 2.45) is 0 Å². The van der Waals surface area contributed by atoms with E-state index in [4.69, 9.17) is 5.11 Å². The molecule has 18 heavy (non-hydrogen) atoms. The number of aliphatic hydroxyl groups is 2. The third kappa shape index (κ3) is 4.14. The number of piperazine rings is 1. The van der Waals surface area contributed by atoms with Crippen LogP contribution in [0.4, 0.5) is 5.69 Å². The highest BCUT2D eigenvalue weighted by molar-refractivity contribution is 5.85. The van der Waals surface area contributed by atoms with Crippen molar-refractivity contribution >= 4 is 18.1 Å². The highest BCUT2D eigenvalue weighted by Crippen LogP contribution is 2.15. The summed E-state index contributed by atoms with van der Waals surface area (Å²) >= 11 is 0. The van der Waals surface area contributed by atoms with E-state index in [1.54, 1.807) is 0 Å². The molecule has 1 fully saturated rings. The molecule has 2 N–H and O–H groups in total. The Labute approximate surface area is 114 Å². The second-order valence-electron chi connectivity index (χ2n) is 4.46. The zero-order valence-corrected chi connectivity index (χ0v) is 11.2. The normalized spacial score (nSPS) is 18.2. The van der Waals surface area contributed by atoms with Gasteiger partial charge in [-0.3, -0.25) is 4.90 Å². The summed E-state index contributed by atoms with van der Waals surface area (Å²) in [4.78, 5) is 4.54. The van der Waals surface area contributed by atoms with E-state index in [0.717, 1.165) is 26.2 Å². The molecule has 4 nitrogen and oxygen atoms in total. The number of halogens is 1. The summed E-state index contributed by atoms with van der Waals surface area (Å²) < 4.78 is 0. The van der Waals surface area contributed by atoms with Crippen LogP contribution in [0.2, 0.25) is 0 Å². The molecule has 1 heterocycles. The zero-order chi connectivity index (χ0) is 12.1. The lowest BCUT2D eigenvalue weighted by atomic mass is 10.2. The van der Waals surface area contributed by atoms with Gasteiger partial charge in [-0.2, -0.15) is 0 Å². The molecule has 1 aromatic rings. The second-order valence-corrected chi connectivity index (χ2v) is 4.46. The molecule has 0 unspecified atom stereocenters.